The lowest BCUT2D eigenvalue weighted by atomic mass is 10.0. The number of carbonyl (C=O) groups excluding carboxylic acids is 1. The van der Waals surface area contributed by atoms with E-state index in [1.807, 2.05) is 66.7 Å². The van der Waals surface area contributed by atoms with Gasteiger partial charge in [-0.25, -0.2) is 0 Å². The Kier molecular flexibility index (Phi) is 7.23. The predicted octanol–water partition coefficient (Wildman–Crippen LogP) is 6.32. The monoisotopic (exact) mass is 571 g/mol. The van der Waals surface area contributed by atoms with Gasteiger partial charge in [0.25, 0.3) is 5.91 Å². The Balaban J connectivity index is 1.09. The number of hydrogen-bond acceptors (Lipinski definition) is 7. The van der Waals surface area contributed by atoms with Crippen LogP contribution >= 0.6 is 0 Å². The van der Waals surface area contributed by atoms with E-state index in [1.165, 1.54) is 0 Å². The molecule has 1 N–H and O–H groups in total. The first-order valence-electron chi connectivity index (χ1n) is 14.4. The zero-order chi connectivity index (χ0) is 29.2. The van der Waals surface area contributed by atoms with Gasteiger partial charge in [0.05, 0.1) is 24.8 Å². The van der Waals surface area contributed by atoms with Gasteiger partial charge in [-0.3, -0.25) is 9.78 Å². The van der Waals surface area contributed by atoms with E-state index < -0.39 is 0 Å². The first kappa shape index (κ1) is 26.7. The van der Waals surface area contributed by atoms with E-state index in [1.54, 1.807) is 18.3 Å². The molecule has 3 aromatic carbocycles. The average molecular weight is 572 g/mol. The summed E-state index contributed by atoms with van der Waals surface area (Å²) in [7, 11) is 0. The summed E-state index contributed by atoms with van der Waals surface area (Å²) in [6.45, 7) is 1.78. The van der Waals surface area contributed by atoms with E-state index in [-0.39, 0.29) is 18.1 Å². The highest BCUT2D eigenvalue weighted by Gasteiger charge is 2.22. The minimum Gasteiger partial charge on any atom is -0.491 e. The van der Waals surface area contributed by atoms with Crippen LogP contribution in [-0.4, -0.2) is 42.9 Å². The van der Waals surface area contributed by atoms with Gasteiger partial charge in [0, 0.05) is 41.8 Å². The number of nitriles is 1. The molecule has 1 unspecified atom stereocenters. The van der Waals surface area contributed by atoms with Crippen molar-refractivity contribution < 1.29 is 23.4 Å². The van der Waals surface area contributed by atoms with Gasteiger partial charge in [0.15, 0.2) is 5.58 Å². The number of amides is 1. The summed E-state index contributed by atoms with van der Waals surface area (Å²) >= 11 is 0. The first-order chi connectivity index (χ1) is 21.1. The third kappa shape index (κ3) is 5.55. The van der Waals surface area contributed by atoms with Crippen molar-refractivity contribution in [3.8, 4) is 40.0 Å². The molecule has 2 aliphatic heterocycles. The summed E-state index contributed by atoms with van der Waals surface area (Å²) < 4.78 is 23.7. The molecule has 0 radical (unpaired) electrons. The fourth-order valence-corrected chi connectivity index (χ4v) is 5.64. The fourth-order valence-electron chi connectivity index (χ4n) is 5.64. The molecule has 1 saturated heterocycles. The number of aromatic nitrogens is 1. The molecular weight excluding hydrogens is 542 g/mol. The largest absolute Gasteiger partial charge is 0.491 e. The number of fused-ring (bicyclic) bond motifs is 2. The van der Waals surface area contributed by atoms with Crippen LogP contribution in [0.1, 0.15) is 34.3 Å². The van der Waals surface area contributed by atoms with Crippen molar-refractivity contribution in [2.45, 2.75) is 31.4 Å². The van der Waals surface area contributed by atoms with Crippen LogP contribution in [0, 0.1) is 11.3 Å². The van der Waals surface area contributed by atoms with Crippen LogP contribution in [-0.2, 0) is 11.2 Å². The van der Waals surface area contributed by atoms with Crippen molar-refractivity contribution in [1.82, 2.24) is 10.3 Å². The Bertz CT molecular complexity index is 1830. The number of furan rings is 1. The summed E-state index contributed by atoms with van der Waals surface area (Å²) in [4.78, 5) is 17.5. The van der Waals surface area contributed by atoms with Gasteiger partial charge in [-0.1, -0.05) is 36.4 Å². The number of nitrogens with one attached hydrogen (secondary N) is 1. The SMILES string of the molecule is N#Cc1cc(-c2ccnc3cc(-c4ccc(C(=O)NC5COc6ccccc6C5)cc4)oc23)ccc1OC1CCOCC1. The average Bonchev–Trinajstić information content (AvgIpc) is 3.50. The number of rotatable bonds is 6. The van der Waals surface area contributed by atoms with Crippen LogP contribution in [0.25, 0.3) is 33.6 Å². The van der Waals surface area contributed by atoms with Crippen LogP contribution in [0.15, 0.2) is 89.5 Å². The lowest BCUT2D eigenvalue weighted by Crippen LogP contribution is -2.42. The molecule has 214 valence electrons. The van der Waals surface area contributed by atoms with Crippen molar-refractivity contribution in [2.75, 3.05) is 19.8 Å². The Morgan fingerprint density at radius 1 is 0.977 bits per heavy atom. The third-order valence-electron chi connectivity index (χ3n) is 7.93. The Morgan fingerprint density at radius 3 is 2.63 bits per heavy atom. The summed E-state index contributed by atoms with van der Waals surface area (Å²) in [6, 6.07) is 26.8. The summed E-state index contributed by atoms with van der Waals surface area (Å²) in [6.07, 6.45) is 4.13. The molecule has 7 rings (SSSR count). The van der Waals surface area contributed by atoms with Crippen molar-refractivity contribution in [3.05, 3.63) is 102 Å². The normalized spacial score (nSPS) is 16.6. The quantitative estimate of drug-likeness (QED) is 0.254. The predicted molar refractivity (Wildman–Crippen MR) is 161 cm³/mol. The Morgan fingerprint density at radius 2 is 1.79 bits per heavy atom. The molecule has 8 nitrogen and oxygen atoms in total. The van der Waals surface area contributed by atoms with Gasteiger partial charge in [-0.2, -0.15) is 5.26 Å². The zero-order valence-corrected chi connectivity index (χ0v) is 23.4. The van der Waals surface area contributed by atoms with Gasteiger partial charge < -0.3 is 23.9 Å². The zero-order valence-electron chi connectivity index (χ0n) is 23.4. The minimum atomic E-state index is -0.148. The maximum absolute atomic E-state index is 13.0. The van der Waals surface area contributed by atoms with E-state index in [2.05, 4.69) is 16.4 Å². The van der Waals surface area contributed by atoms with Gasteiger partial charge in [0.2, 0.25) is 0 Å². The standard InChI is InChI=1S/C35H29N3O5/c36-20-26-17-24(9-10-32(26)42-28-12-15-40-16-13-28)29-11-14-37-30-19-33(43-34(29)30)22-5-7-23(8-6-22)35(39)38-27-18-25-3-1-2-4-31(25)41-21-27/h1-11,14,17,19,27-28H,12-13,15-16,18,21H2,(H,38,39). The molecule has 8 heteroatoms. The van der Waals surface area contributed by atoms with Crippen molar-refractivity contribution >= 4 is 17.0 Å². The molecule has 0 aliphatic carbocycles. The van der Waals surface area contributed by atoms with Crippen LogP contribution < -0.4 is 14.8 Å². The van der Waals surface area contributed by atoms with Gasteiger partial charge >= 0.3 is 0 Å². The molecule has 2 aliphatic rings. The van der Waals surface area contributed by atoms with Crippen LogP contribution in [0.3, 0.4) is 0 Å². The number of pyridine rings is 1. The number of nitrogens with zero attached hydrogens (tertiary/aromatic N) is 2. The van der Waals surface area contributed by atoms with Crippen LogP contribution in [0.2, 0.25) is 0 Å². The van der Waals surface area contributed by atoms with Gasteiger partial charge in [0.1, 0.15) is 41.6 Å². The molecule has 1 amide bonds. The highest BCUT2D eigenvalue weighted by molar-refractivity contribution is 5.95. The van der Waals surface area contributed by atoms with Crippen LogP contribution in [0.4, 0.5) is 0 Å². The Hall–Kier alpha value is -5.13. The van der Waals surface area contributed by atoms with E-state index in [4.69, 9.17) is 18.6 Å². The van der Waals surface area contributed by atoms with E-state index >= 15 is 0 Å². The summed E-state index contributed by atoms with van der Waals surface area (Å²) in [5.74, 6) is 1.95. The topological polar surface area (TPSA) is 107 Å². The van der Waals surface area contributed by atoms with Crippen molar-refractivity contribution in [2.24, 2.45) is 0 Å². The van der Waals surface area contributed by atoms with Gasteiger partial charge in [-0.05, 0) is 53.9 Å². The number of carbonyl (C=O) groups is 1. The molecule has 1 fully saturated rings. The van der Waals surface area contributed by atoms with Crippen molar-refractivity contribution in [3.63, 3.8) is 0 Å². The lowest BCUT2D eigenvalue weighted by Gasteiger charge is -2.26. The first-order valence-corrected chi connectivity index (χ1v) is 14.4. The smallest absolute Gasteiger partial charge is 0.251 e. The van der Waals surface area contributed by atoms with E-state index in [0.29, 0.717) is 53.6 Å². The number of hydrogen-bond donors (Lipinski definition) is 1. The molecule has 4 heterocycles. The summed E-state index contributed by atoms with van der Waals surface area (Å²) in [5, 5.41) is 12.9. The van der Waals surface area contributed by atoms with Crippen molar-refractivity contribution in [1.29, 1.82) is 5.26 Å². The number of ether oxygens (including phenoxy) is 3. The highest BCUT2D eigenvalue weighted by Crippen LogP contribution is 2.36. The molecule has 0 saturated carbocycles. The Labute approximate surface area is 248 Å². The molecular formula is C35H29N3O5. The van der Waals surface area contributed by atoms with E-state index in [0.717, 1.165) is 47.3 Å². The second-order valence-electron chi connectivity index (χ2n) is 10.8. The molecule has 5 aromatic rings. The third-order valence-corrected chi connectivity index (χ3v) is 7.93. The summed E-state index contributed by atoms with van der Waals surface area (Å²) in [5.41, 5.74) is 5.95. The number of benzene rings is 3. The lowest BCUT2D eigenvalue weighted by molar-refractivity contribution is 0.0254. The molecule has 0 spiro atoms. The second kappa shape index (κ2) is 11.6. The number of para-hydroxylation sites is 1. The molecule has 2 aromatic heterocycles. The van der Waals surface area contributed by atoms with Crippen LogP contribution in [0.5, 0.6) is 11.5 Å². The molecule has 1 atom stereocenters. The maximum Gasteiger partial charge on any atom is 0.251 e. The second-order valence-corrected chi connectivity index (χ2v) is 10.8. The molecule has 0 bridgehead atoms. The highest BCUT2D eigenvalue weighted by atomic mass is 16.5. The minimum absolute atomic E-state index is 0.0446. The fraction of sp³-hybridized carbons (Fsp3) is 0.229. The molecule has 43 heavy (non-hydrogen) atoms. The van der Waals surface area contributed by atoms with Gasteiger partial charge in [-0.15, -0.1) is 0 Å². The maximum atomic E-state index is 13.0. The van der Waals surface area contributed by atoms with E-state index in [9.17, 15) is 10.1 Å².